The number of methoxy groups -OCH3 is 1. The van der Waals surface area contributed by atoms with E-state index in [2.05, 4.69) is 15.3 Å². The summed E-state index contributed by atoms with van der Waals surface area (Å²) < 4.78 is 26.1. The van der Waals surface area contributed by atoms with Crippen LogP contribution in [-0.4, -0.2) is 52.2 Å². The lowest BCUT2D eigenvalue weighted by molar-refractivity contribution is -0.119. The topological polar surface area (TPSA) is 93.7 Å². The van der Waals surface area contributed by atoms with E-state index in [1.807, 2.05) is 0 Å². The molecule has 1 atom stereocenters. The van der Waals surface area contributed by atoms with Crippen LogP contribution in [0.15, 0.2) is 18.3 Å². The van der Waals surface area contributed by atoms with E-state index in [-0.39, 0.29) is 52.4 Å². The van der Waals surface area contributed by atoms with Gasteiger partial charge in [0.2, 0.25) is 11.8 Å². The zero-order valence-corrected chi connectivity index (χ0v) is 20.3. The second-order valence-corrected chi connectivity index (χ2v) is 9.34. The number of hydrogen-bond acceptors (Lipinski definition) is 6. The van der Waals surface area contributed by atoms with Gasteiger partial charge in [0.25, 0.3) is 0 Å². The molecule has 2 amide bonds. The normalized spacial score (nSPS) is 15.8. The lowest BCUT2D eigenvalue weighted by Crippen LogP contribution is -2.44. The summed E-state index contributed by atoms with van der Waals surface area (Å²) in [6.45, 7) is 5.19. The van der Waals surface area contributed by atoms with E-state index >= 15 is 4.39 Å². The molecule has 1 fully saturated rings. The Morgan fingerprint density at radius 2 is 2.09 bits per heavy atom. The smallest absolute Gasteiger partial charge is 0.410 e. The van der Waals surface area contributed by atoms with Crippen LogP contribution >= 0.6 is 23.2 Å². The number of halogens is 3. The number of nitrogens with one attached hydrogen (secondary N) is 1. The van der Waals surface area contributed by atoms with Crippen molar-refractivity contribution in [3.05, 3.63) is 39.9 Å². The summed E-state index contributed by atoms with van der Waals surface area (Å²) in [5, 5.41) is 3.01. The minimum atomic E-state index is -0.754. The molecule has 8 nitrogen and oxygen atoms in total. The van der Waals surface area contributed by atoms with Crippen LogP contribution in [0, 0.1) is 5.82 Å². The highest BCUT2D eigenvalue weighted by Crippen LogP contribution is 2.34. The van der Waals surface area contributed by atoms with Gasteiger partial charge < -0.3 is 19.7 Å². The molecule has 1 aliphatic rings. The molecule has 2 aromatic heterocycles. The van der Waals surface area contributed by atoms with Crippen molar-refractivity contribution >= 4 is 35.2 Å². The molecule has 3 heterocycles. The summed E-state index contributed by atoms with van der Waals surface area (Å²) in [5.74, 6) is -0.755. The maximum Gasteiger partial charge on any atom is 0.410 e. The molecule has 2 aromatic rings. The average molecular weight is 499 g/mol. The molecule has 3 rings (SSSR count). The first-order valence-corrected chi connectivity index (χ1v) is 11.0. The Morgan fingerprint density at radius 3 is 2.70 bits per heavy atom. The van der Waals surface area contributed by atoms with Crippen LogP contribution in [0.1, 0.15) is 39.2 Å². The molecular formula is C22H25Cl2FN4O4. The zero-order chi connectivity index (χ0) is 24.3. The van der Waals surface area contributed by atoms with Crippen molar-refractivity contribution < 1.29 is 23.5 Å². The standard InChI is InChI=1S/C22H25Cl2FN4O4/c1-22(2,3)33-21(31)29(10-12-5-6-17(30)27-12)11-14-15(25)9-16(28-20(14)32-4)13-7-8-26-19(24)18(13)23/h7-9,12H,5-6,10-11H2,1-4H3,(H,27,30)/t12-/m0/s1. The summed E-state index contributed by atoms with van der Waals surface area (Å²) in [6, 6.07) is 2.49. The van der Waals surface area contributed by atoms with Gasteiger partial charge in [0.05, 0.1) is 29.9 Å². The predicted octanol–water partition coefficient (Wildman–Crippen LogP) is 4.61. The van der Waals surface area contributed by atoms with Crippen LogP contribution in [0.3, 0.4) is 0 Å². The number of nitrogens with zero attached hydrogens (tertiary/aromatic N) is 3. The monoisotopic (exact) mass is 498 g/mol. The number of carbonyl (C=O) groups excluding carboxylic acids is 2. The fourth-order valence-electron chi connectivity index (χ4n) is 3.39. The Morgan fingerprint density at radius 1 is 1.36 bits per heavy atom. The van der Waals surface area contributed by atoms with Gasteiger partial charge in [0.15, 0.2) is 0 Å². The second-order valence-electron chi connectivity index (χ2n) is 8.60. The van der Waals surface area contributed by atoms with E-state index < -0.39 is 17.5 Å². The van der Waals surface area contributed by atoms with Crippen molar-refractivity contribution in [3.8, 4) is 17.1 Å². The third-order valence-electron chi connectivity index (χ3n) is 4.87. The molecule has 0 unspecified atom stereocenters. The average Bonchev–Trinajstić information content (AvgIpc) is 3.14. The Kier molecular flexibility index (Phi) is 7.64. The van der Waals surface area contributed by atoms with Crippen LogP contribution in [-0.2, 0) is 16.1 Å². The van der Waals surface area contributed by atoms with E-state index in [1.165, 1.54) is 24.3 Å². The number of pyridine rings is 2. The lowest BCUT2D eigenvalue weighted by atomic mass is 10.1. The maximum atomic E-state index is 15.3. The van der Waals surface area contributed by atoms with Gasteiger partial charge in [-0.05, 0) is 33.3 Å². The van der Waals surface area contributed by atoms with Crippen LogP contribution < -0.4 is 10.1 Å². The zero-order valence-electron chi connectivity index (χ0n) is 18.7. The van der Waals surface area contributed by atoms with Gasteiger partial charge >= 0.3 is 6.09 Å². The number of carbonyl (C=O) groups is 2. The van der Waals surface area contributed by atoms with Gasteiger partial charge in [-0.25, -0.2) is 19.2 Å². The van der Waals surface area contributed by atoms with E-state index in [9.17, 15) is 9.59 Å². The number of amides is 2. The van der Waals surface area contributed by atoms with Crippen LogP contribution in [0.5, 0.6) is 5.88 Å². The third-order valence-corrected chi connectivity index (χ3v) is 5.64. The number of hydrogen-bond donors (Lipinski definition) is 1. The molecule has 1 N–H and O–H groups in total. The van der Waals surface area contributed by atoms with E-state index in [1.54, 1.807) is 26.8 Å². The Bertz CT molecular complexity index is 1060. The van der Waals surface area contributed by atoms with Crippen molar-refractivity contribution in [1.82, 2.24) is 20.2 Å². The second kappa shape index (κ2) is 10.1. The van der Waals surface area contributed by atoms with Gasteiger partial charge in [0.1, 0.15) is 16.6 Å². The van der Waals surface area contributed by atoms with E-state index in [0.29, 0.717) is 18.4 Å². The molecule has 0 bridgehead atoms. The largest absolute Gasteiger partial charge is 0.481 e. The highest BCUT2D eigenvalue weighted by Gasteiger charge is 2.30. The quantitative estimate of drug-likeness (QED) is 0.584. The Balaban J connectivity index is 1.94. The molecule has 178 valence electrons. The minimum Gasteiger partial charge on any atom is -0.481 e. The lowest BCUT2D eigenvalue weighted by Gasteiger charge is -2.29. The summed E-state index contributed by atoms with van der Waals surface area (Å²) in [7, 11) is 1.35. The van der Waals surface area contributed by atoms with Crippen molar-refractivity contribution in [2.75, 3.05) is 13.7 Å². The first kappa shape index (κ1) is 25.0. The van der Waals surface area contributed by atoms with Gasteiger partial charge in [-0.15, -0.1) is 0 Å². The van der Waals surface area contributed by atoms with Gasteiger partial charge in [-0.1, -0.05) is 23.2 Å². The van der Waals surface area contributed by atoms with Crippen molar-refractivity contribution in [2.45, 2.75) is 51.8 Å². The summed E-state index contributed by atoms with van der Waals surface area (Å²) in [6.07, 6.45) is 1.73. The molecule has 1 saturated heterocycles. The van der Waals surface area contributed by atoms with Gasteiger partial charge in [-0.2, -0.15) is 0 Å². The fraction of sp³-hybridized carbons (Fsp3) is 0.455. The molecule has 0 aliphatic carbocycles. The van der Waals surface area contributed by atoms with Crippen LogP contribution in [0.2, 0.25) is 10.2 Å². The number of rotatable bonds is 6. The van der Waals surface area contributed by atoms with Crippen molar-refractivity contribution in [2.24, 2.45) is 0 Å². The van der Waals surface area contributed by atoms with Crippen molar-refractivity contribution in [1.29, 1.82) is 0 Å². The summed E-state index contributed by atoms with van der Waals surface area (Å²) >= 11 is 12.2. The van der Waals surface area contributed by atoms with Crippen LogP contribution in [0.4, 0.5) is 9.18 Å². The van der Waals surface area contributed by atoms with Gasteiger partial charge in [0, 0.05) is 36.8 Å². The van der Waals surface area contributed by atoms with E-state index in [0.717, 1.165) is 0 Å². The third kappa shape index (κ3) is 6.23. The maximum absolute atomic E-state index is 15.3. The highest BCUT2D eigenvalue weighted by molar-refractivity contribution is 6.42. The SMILES string of the molecule is COc1nc(-c2ccnc(Cl)c2Cl)cc(F)c1CN(C[C@@H]1CCC(=O)N1)C(=O)OC(C)(C)C. The predicted molar refractivity (Wildman–Crippen MR) is 122 cm³/mol. The molecule has 11 heteroatoms. The minimum absolute atomic E-state index is 0.0157. The first-order valence-electron chi connectivity index (χ1n) is 10.3. The Labute approximate surface area is 201 Å². The number of ether oxygens (including phenoxy) is 2. The van der Waals surface area contributed by atoms with Gasteiger partial charge in [-0.3, -0.25) is 4.79 Å². The number of aromatic nitrogens is 2. The molecule has 0 saturated carbocycles. The van der Waals surface area contributed by atoms with E-state index in [4.69, 9.17) is 32.7 Å². The Hall–Kier alpha value is -2.65. The molecular weight excluding hydrogens is 474 g/mol. The van der Waals surface area contributed by atoms with Crippen molar-refractivity contribution in [3.63, 3.8) is 0 Å². The first-order chi connectivity index (χ1) is 15.5. The summed E-state index contributed by atoms with van der Waals surface area (Å²) in [5.41, 5.74) is -0.101. The summed E-state index contributed by atoms with van der Waals surface area (Å²) in [4.78, 5) is 34.1. The highest BCUT2D eigenvalue weighted by atomic mass is 35.5. The molecule has 33 heavy (non-hydrogen) atoms. The fourth-order valence-corrected chi connectivity index (χ4v) is 3.75. The van der Waals surface area contributed by atoms with Crippen LogP contribution in [0.25, 0.3) is 11.3 Å². The molecule has 0 spiro atoms. The molecule has 1 aliphatic heterocycles. The molecule has 0 radical (unpaired) electrons. The molecule has 0 aromatic carbocycles.